The lowest BCUT2D eigenvalue weighted by Crippen LogP contribution is -2.37. The van der Waals surface area contributed by atoms with Gasteiger partial charge in [-0.15, -0.1) is 11.3 Å². The zero-order chi connectivity index (χ0) is 16.4. The molecule has 0 radical (unpaired) electrons. The molecule has 0 unspecified atom stereocenters. The van der Waals surface area contributed by atoms with E-state index in [2.05, 4.69) is 19.9 Å². The molecule has 0 atom stereocenters. The summed E-state index contributed by atoms with van der Waals surface area (Å²) >= 11 is 3.27. The number of thioether (sulfide) groups is 1. The van der Waals surface area contributed by atoms with Crippen molar-refractivity contribution in [3.63, 3.8) is 0 Å². The van der Waals surface area contributed by atoms with Gasteiger partial charge in [-0.1, -0.05) is 25.6 Å². The number of thiazole rings is 1. The number of nitrogens with zero attached hydrogens (tertiary/aromatic N) is 5. The maximum Gasteiger partial charge on any atom is 0.225 e. The average molecular weight is 352 g/mol. The Morgan fingerprint density at radius 3 is 2.83 bits per heavy atom. The molecule has 0 aliphatic carbocycles. The molecule has 1 aliphatic heterocycles. The molecule has 1 fully saturated rings. The molecule has 1 amide bonds. The normalized spacial score (nSPS) is 16.2. The third-order valence-corrected chi connectivity index (χ3v) is 5.95. The van der Waals surface area contributed by atoms with Gasteiger partial charge in [0.25, 0.3) is 0 Å². The molecule has 3 heterocycles. The van der Waals surface area contributed by atoms with E-state index in [0.29, 0.717) is 0 Å². The van der Waals surface area contributed by atoms with Crippen molar-refractivity contribution >= 4 is 45.2 Å². The third-order valence-electron chi connectivity index (χ3n) is 3.93. The second-order valence-electron chi connectivity index (χ2n) is 5.85. The third kappa shape index (κ3) is 3.42. The van der Waals surface area contributed by atoms with E-state index in [9.17, 15) is 4.79 Å². The Labute approximate surface area is 144 Å². The van der Waals surface area contributed by atoms with Gasteiger partial charge in [-0.2, -0.15) is 0 Å². The summed E-state index contributed by atoms with van der Waals surface area (Å²) in [6, 6.07) is 0. The lowest BCUT2D eigenvalue weighted by molar-refractivity contribution is -0.134. The lowest BCUT2D eigenvalue weighted by Gasteiger charge is -2.24. The molecule has 0 N–H and O–H groups in total. The van der Waals surface area contributed by atoms with Crippen LogP contribution in [0.5, 0.6) is 0 Å². The van der Waals surface area contributed by atoms with E-state index in [0.717, 1.165) is 53.1 Å². The quantitative estimate of drug-likeness (QED) is 0.792. The fraction of sp³-hybridized carbons (Fsp3) is 0.600. The van der Waals surface area contributed by atoms with Crippen molar-refractivity contribution in [3.05, 3.63) is 6.33 Å². The zero-order valence-electron chi connectivity index (χ0n) is 13.7. The van der Waals surface area contributed by atoms with Crippen LogP contribution in [0, 0.1) is 5.92 Å². The van der Waals surface area contributed by atoms with Gasteiger partial charge in [0.1, 0.15) is 11.0 Å². The summed E-state index contributed by atoms with van der Waals surface area (Å²) in [7, 11) is 0. The zero-order valence-corrected chi connectivity index (χ0v) is 15.3. The SMILES string of the molecule is CSc1nc2ncnc(N3CCCN(C(=O)C(C)C)CC3)c2s1. The minimum atomic E-state index is 0.0536. The minimum Gasteiger partial charge on any atom is -0.353 e. The summed E-state index contributed by atoms with van der Waals surface area (Å²) in [4.78, 5) is 29.8. The Kier molecular flexibility index (Phi) is 5.01. The predicted octanol–water partition coefficient (Wildman–Crippen LogP) is 2.50. The number of rotatable bonds is 3. The fourth-order valence-electron chi connectivity index (χ4n) is 2.75. The van der Waals surface area contributed by atoms with Gasteiger partial charge in [0.2, 0.25) is 5.91 Å². The van der Waals surface area contributed by atoms with Crippen LogP contribution in [-0.4, -0.2) is 58.2 Å². The smallest absolute Gasteiger partial charge is 0.225 e. The summed E-state index contributed by atoms with van der Waals surface area (Å²) in [5.41, 5.74) is 0.767. The first-order valence-corrected chi connectivity index (χ1v) is 9.83. The van der Waals surface area contributed by atoms with E-state index in [-0.39, 0.29) is 11.8 Å². The summed E-state index contributed by atoms with van der Waals surface area (Å²) in [6.45, 7) is 7.19. The maximum absolute atomic E-state index is 12.2. The highest BCUT2D eigenvalue weighted by Crippen LogP contribution is 2.33. The lowest BCUT2D eigenvalue weighted by atomic mass is 10.2. The van der Waals surface area contributed by atoms with Crippen LogP contribution in [0.2, 0.25) is 0 Å². The topological polar surface area (TPSA) is 62.2 Å². The van der Waals surface area contributed by atoms with Crippen molar-refractivity contribution in [1.82, 2.24) is 19.9 Å². The number of fused-ring (bicyclic) bond motifs is 1. The van der Waals surface area contributed by atoms with Gasteiger partial charge in [-0.3, -0.25) is 4.79 Å². The molecule has 8 heteroatoms. The minimum absolute atomic E-state index is 0.0536. The molecule has 124 valence electrons. The van der Waals surface area contributed by atoms with E-state index >= 15 is 0 Å². The molecular weight excluding hydrogens is 330 g/mol. The molecule has 23 heavy (non-hydrogen) atoms. The Bertz CT molecular complexity index is 702. The van der Waals surface area contributed by atoms with Crippen LogP contribution in [0.3, 0.4) is 0 Å². The molecule has 3 rings (SSSR count). The van der Waals surface area contributed by atoms with E-state index in [4.69, 9.17) is 0 Å². The standard InChI is InChI=1S/C15H21N5OS2/c1-10(2)14(21)20-6-4-5-19(7-8-20)13-11-12(16-9-17-13)18-15(22-3)23-11/h9-10H,4-8H2,1-3H3. The second kappa shape index (κ2) is 7.00. The highest BCUT2D eigenvalue weighted by molar-refractivity contribution is 8.00. The number of hydrogen-bond donors (Lipinski definition) is 0. The van der Waals surface area contributed by atoms with Gasteiger partial charge in [0, 0.05) is 32.1 Å². The predicted molar refractivity (Wildman–Crippen MR) is 95.2 cm³/mol. The number of hydrogen-bond acceptors (Lipinski definition) is 7. The number of carbonyl (C=O) groups excluding carboxylic acids is 1. The second-order valence-corrected chi connectivity index (χ2v) is 7.91. The molecule has 1 saturated heterocycles. The summed E-state index contributed by atoms with van der Waals surface area (Å²) in [5.74, 6) is 1.24. The van der Waals surface area contributed by atoms with E-state index in [1.165, 1.54) is 0 Å². The van der Waals surface area contributed by atoms with Gasteiger partial charge in [-0.25, -0.2) is 15.0 Å². The van der Waals surface area contributed by atoms with Crippen LogP contribution in [0.4, 0.5) is 5.82 Å². The molecule has 0 aromatic carbocycles. The van der Waals surface area contributed by atoms with Crippen LogP contribution in [0.1, 0.15) is 20.3 Å². The maximum atomic E-state index is 12.2. The highest BCUT2D eigenvalue weighted by Gasteiger charge is 2.23. The van der Waals surface area contributed by atoms with Gasteiger partial charge >= 0.3 is 0 Å². The Morgan fingerprint density at radius 1 is 1.26 bits per heavy atom. The fourth-order valence-corrected chi connectivity index (χ4v) is 4.28. The largest absolute Gasteiger partial charge is 0.353 e. The van der Waals surface area contributed by atoms with Crippen LogP contribution >= 0.6 is 23.1 Å². The van der Waals surface area contributed by atoms with E-state index in [1.807, 2.05) is 25.0 Å². The summed E-state index contributed by atoms with van der Waals surface area (Å²) in [6.07, 6.45) is 4.56. The molecule has 2 aromatic rings. The molecule has 0 spiro atoms. The molecule has 0 bridgehead atoms. The average Bonchev–Trinajstić information content (AvgIpc) is 2.83. The van der Waals surface area contributed by atoms with Crippen molar-refractivity contribution in [2.24, 2.45) is 5.92 Å². The Morgan fingerprint density at radius 2 is 2.09 bits per heavy atom. The van der Waals surface area contributed by atoms with Gasteiger partial charge in [-0.05, 0) is 12.7 Å². The first-order valence-electron chi connectivity index (χ1n) is 7.79. The molecule has 6 nitrogen and oxygen atoms in total. The summed E-state index contributed by atoms with van der Waals surface area (Å²) < 4.78 is 2.05. The van der Waals surface area contributed by atoms with Crippen LogP contribution in [0.25, 0.3) is 10.3 Å². The number of aromatic nitrogens is 3. The van der Waals surface area contributed by atoms with Crippen LogP contribution in [0.15, 0.2) is 10.7 Å². The Hall–Kier alpha value is -1.41. The van der Waals surface area contributed by atoms with Crippen molar-refractivity contribution < 1.29 is 4.79 Å². The number of anilines is 1. The molecular formula is C15H21N5OS2. The monoisotopic (exact) mass is 351 g/mol. The molecule has 1 aliphatic rings. The highest BCUT2D eigenvalue weighted by atomic mass is 32.2. The molecule has 0 saturated carbocycles. The van der Waals surface area contributed by atoms with Crippen molar-refractivity contribution in [2.45, 2.75) is 24.6 Å². The van der Waals surface area contributed by atoms with Gasteiger partial charge in [0.15, 0.2) is 15.8 Å². The van der Waals surface area contributed by atoms with E-state index < -0.39 is 0 Å². The van der Waals surface area contributed by atoms with Crippen molar-refractivity contribution in [1.29, 1.82) is 0 Å². The number of carbonyl (C=O) groups is 1. The van der Waals surface area contributed by atoms with E-state index in [1.54, 1.807) is 29.4 Å². The van der Waals surface area contributed by atoms with Crippen molar-refractivity contribution in [2.75, 3.05) is 37.3 Å². The first kappa shape index (κ1) is 16.4. The van der Waals surface area contributed by atoms with Gasteiger partial charge in [0.05, 0.1) is 0 Å². The Balaban J connectivity index is 1.82. The van der Waals surface area contributed by atoms with Crippen molar-refractivity contribution in [3.8, 4) is 0 Å². The summed E-state index contributed by atoms with van der Waals surface area (Å²) in [5, 5.41) is 0. The number of amides is 1. The first-order chi connectivity index (χ1) is 11.1. The van der Waals surface area contributed by atoms with Gasteiger partial charge < -0.3 is 9.80 Å². The van der Waals surface area contributed by atoms with Crippen LogP contribution in [-0.2, 0) is 4.79 Å². The van der Waals surface area contributed by atoms with Crippen LogP contribution < -0.4 is 4.90 Å². The molecule has 2 aromatic heterocycles.